The molecule has 0 aromatic carbocycles. The summed E-state index contributed by atoms with van der Waals surface area (Å²) in [5, 5.41) is 0. The van der Waals surface area contributed by atoms with E-state index in [9.17, 15) is 0 Å². The van der Waals surface area contributed by atoms with E-state index >= 15 is 0 Å². The maximum absolute atomic E-state index is 6.04. The molecule has 5 nitrogen and oxygen atoms in total. The molecule has 5 heteroatoms. The van der Waals surface area contributed by atoms with E-state index in [0.717, 1.165) is 25.5 Å². The minimum atomic E-state index is 0.240. The highest BCUT2D eigenvalue weighted by atomic mass is 16.5. The zero-order valence-corrected chi connectivity index (χ0v) is 10.6. The van der Waals surface area contributed by atoms with Crippen molar-refractivity contribution in [3.05, 3.63) is 0 Å². The fourth-order valence-corrected chi connectivity index (χ4v) is 1.96. The number of likely N-dealkylation sites (N-methyl/N-ethyl adjacent to an activating group) is 2. The van der Waals surface area contributed by atoms with E-state index in [1.165, 1.54) is 6.42 Å². The Labute approximate surface area is 98.3 Å². The first-order chi connectivity index (χ1) is 7.65. The van der Waals surface area contributed by atoms with Crippen LogP contribution in [-0.4, -0.2) is 75.7 Å². The van der Waals surface area contributed by atoms with Gasteiger partial charge in [0.25, 0.3) is 0 Å². The first-order valence-corrected chi connectivity index (χ1v) is 5.82. The zero-order chi connectivity index (χ0) is 12.0. The standard InChI is InChI=1S/C11H24N4O/c1-14-6-4-7-15(2)10(9-14)11(12)13-5-8-16-3/h10H,4-9H2,1-3H3,(H2,12,13). The molecule has 94 valence electrons. The van der Waals surface area contributed by atoms with E-state index in [1.54, 1.807) is 7.11 Å². The fraction of sp³-hybridized carbons (Fsp3) is 0.909. The number of ether oxygens (including phenoxy) is 1. The van der Waals surface area contributed by atoms with Crippen LogP contribution < -0.4 is 5.73 Å². The van der Waals surface area contributed by atoms with E-state index in [2.05, 4.69) is 28.9 Å². The topological polar surface area (TPSA) is 54.1 Å². The van der Waals surface area contributed by atoms with Crippen LogP contribution in [0, 0.1) is 0 Å². The minimum absolute atomic E-state index is 0.240. The van der Waals surface area contributed by atoms with Crippen molar-refractivity contribution in [3.8, 4) is 0 Å². The predicted molar refractivity (Wildman–Crippen MR) is 66.9 cm³/mol. The van der Waals surface area contributed by atoms with Crippen LogP contribution in [0.3, 0.4) is 0 Å². The lowest BCUT2D eigenvalue weighted by atomic mass is 10.2. The van der Waals surface area contributed by atoms with Gasteiger partial charge >= 0.3 is 0 Å². The lowest BCUT2D eigenvalue weighted by Crippen LogP contribution is -2.47. The Kier molecular flexibility index (Phi) is 5.73. The number of aliphatic imine (C=N–C) groups is 1. The number of hydrogen-bond acceptors (Lipinski definition) is 4. The predicted octanol–water partition coefficient (Wildman–Crippen LogP) is -0.374. The molecular formula is C11H24N4O. The van der Waals surface area contributed by atoms with Gasteiger partial charge in [-0.25, -0.2) is 0 Å². The Balaban J connectivity index is 2.56. The van der Waals surface area contributed by atoms with Crippen LogP contribution in [0.5, 0.6) is 0 Å². The Hall–Kier alpha value is -0.650. The molecule has 1 aliphatic heterocycles. The third kappa shape index (κ3) is 4.08. The summed E-state index contributed by atoms with van der Waals surface area (Å²) >= 11 is 0. The van der Waals surface area contributed by atoms with Crippen molar-refractivity contribution < 1.29 is 4.74 Å². The molecule has 1 heterocycles. The van der Waals surface area contributed by atoms with Crippen molar-refractivity contribution in [3.63, 3.8) is 0 Å². The molecule has 0 aliphatic carbocycles. The van der Waals surface area contributed by atoms with Crippen molar-refractivity contribution in [2.75, 3.05) is 54.0 Å². The second-order valence-corrected chi connectivity index (χ2v) is 4.41. The molecule has 1 unspecified atom stereocenters. The van der Waals surface area contributed by atoms with E-state index < -0.39 is 0 Å². The fourth-order valence-electron chi connectivity index (χ4n) is 1.96. The summed E-state index contributed by atoms with van der Waals surface area (Å²) in [6.45, 7) is 4.45. The molecule has 16 heavy (non-hydrogen) atoms. The van der Waals surface area contributed by atoms with Crippen LogP contribution in [0.2, 0.25) is 0 Å². The number of hydrogen-bond donors (Lipinski definition) is 1. The molecule has 2 N–H and O–H groups in total. The summed E-state index contributed by atoms with van der Waals surface area (Å²) in [6, 6.07) is 0.240. The quantitative estimate of drug-likeness (QED) is 0.405. The summed E-state index contributed by atoms with van der Waals surface area (Å²) in [7, 11) is 5.92. The number of rotatable bonds is 4. The maximum atomic E-state index is 6.04. The van der Waals surface area contributed by atoms with Gasteiger partial charge in [-0.05, 0) is 33.6 Å². The zero-order valence-electron chi connectivity index (χ0n) is 10.6. The van der Waals surface area contributed by atoms with Crippen molar-refractivity contribution in [1.29, 1.82) is 0 Å². The Morgan fingerprint density at radius 3 is 2.88 bits per heavy atom. The molecule has 0 amide bonds. The summed E-state index contributed by atoms with van der Waals surface area (Å²) in [5.41, 5.74) is 6.04. The van der Waals surface area contributed by atoms with Gasteiger partial charge in [-0.3, -0.25) is 9.89 Å². The van der Waals surface area contributed by atoms with Crippen molar-refractivity contribution in [2.45, 2.75) is 12.5 Å². The number of amidine groups is 1. The van der Waals surface area contributed by atoms with Crippen molar-refractivity contribution in [2.24, 2.45) is 10.7 Å². The summed E-state index contributed by atoms with van der Waals surface area (Å²) in [6.07, 6.45) is 1.19. The van der Waals surface area contributed by atoms with Gasteiger partial charge in [0.1, 0.15) is 5.84 Å². The number of methoxy groups -OCH3 is 1. The second-order valence-electron chi connectivity index (χ2n) is 4.41. The van der Waals surface area contributed by atoms with Crippen LogP contribution >= 0.6 is 0 Å². The molecule has 0 bridgehead atoms. The average molecular weight is 228 g/mol. The van der Waals surface area contributed by atoms with Crippen LogP contribution in [-0.2, 0) is 4.74 Å². The molecule has 1 aliphatic rings. The lowest BCUT2D eigenvalue weighted by molar-refractivity contribution is 0.207. The smallest absolute Gasteiger partial charge is 0.113 e. The highest BCUT2D eigenvalue weighted by molar-refractivity contribution is 5.86. The third-order valence-electron chi connectivity index (χ3n) is 3.00. The summed E-state index contributed by atoms with van der Waals surface area (Å²) in [5.74, 6) is 0.730. The molecule has 0 saturated carbocycles. The maximum Gasteiger partial charge on any atom is 0.113 e. The first-order valence-electron chi connectivity index (χ1n) is 5.82. The number of nitrogens with zero attached hydrogens (tertiary/aromatic N) is 3. The largest absolute Gasteiger partial charge is 0.386 e. The monoisotopic (exact) mass is 228 g/mol. The van der Waals surface area contributed by atoms with Gasteiger partial charge in [0.05, 0.1) is 19.2 Å². The van der Waals surface area contributed by atoms with E-state index in [-0.39, 0.29) is 6.04 Å². The van der Waals surface area contributed by atoms with E-state index in [0.29, 0.717) is 13.2 Å². The van der Waals surface area contributed by atoms with Crippen LogP contribution in [0.1, 0.15) is 6.42 Å². The molecule has 1 fully saturated rings. The Morgan fingerprint density at radius 1 is 1.44 bits per heavy atom. The van der Waals surface area contributed by atoms with Gasteiger partial charge in [-0.2, -0.15) is 0 Å². The molecule has 0 aromatic rings. The second kappa shape index (κ2) is 6.83. The van der Waals surface area contributed by atoms with Crippen LogP contribution in [0.25, 0.3) is 0 Å². The summed E-state index contributed by atoms with van der Waals surface area (Å²) < 4.78 is 4.97. The highest BCUT2D eigenvalue weighted by Gasteiger charge is 2.23. The van der Waals surface area contributed by atoms with Gasteiger partial charge in [0.2, 0.25) is 0 Å². The average Bonchev–Trinajstić information content (AvgIpc) is 2.41. The molecule has 1 saturated heterocycles. The molecule has 0 spiro atoms. The highest BCUT2D eigenvalue weighted by Crippen LogP contribution is 2.06. The third-order valence-corrected chi connectivity index (χ3v) is 3.00. The first kappa shape index (κ1) is 13.4. The van der Waals surface area contributed by atoms with Gasteiger partial charge in [-0.15, -0.1) is 0 Å². The molecule has 0 aromatic heterocycles. The van der Waals surface area contributed by atoms with Crippen LogP contribution in [0.4, 0.5) is 0 Å². The van der Waals surface area contributed by atoms with Crippen molar-refractivity contribution in [1.82, 2.24) is 9.80 Å². The molecule has 0 radical (unpaired) electrons. The Bertz CT molecular complexity index is 232. The van der Waals surface area contributed by atoms with Crippen LogP contribution in [0.15, 0.2) is 4.99 Å². The Morgan fingerprint density at radius 2 is 2.19 bits per heavy atom. The minimum Gasteiger partial charge on any atom is -0.386 e. The summed E-state index contributed by atoms with van der Waals surface area (Å²) in [4.78, 5) is 8.96. The van der Waals surface area contributed by atoms with Gasteiger partial charge < -0.3 is 15.4 Å². The van der Waals surface area contributed by atoms with Crippen molar-refractivity contribution >= 4 is 5.84 Å². The van der Waals surface area contributed by atoms with Gasteiger partial charge in [0, 0.05) is 13.7 Å². The molecular weight excluding hydrogens is 204 g/mol. The van der Waals surface area contributed by atoms with Gasteiger partial charge in [-0.1, -0.05) is 0 Å². The lowest BCUT2D eigenvalue weighted by Gasteiger charge is -2.26. The normalized spacial score (nSPS) is 25.7. The van der Waals surface area contributed by atoms with E-state index in [4.69, 9.17) is 10.5 Å². The SMILES string of the molecule is COCCN=C(N)C1CN(C)CCCN1C. The molecule has 1 rings (SSSR count). The number of nitrogens with two attached hydrogens (primary N) is 1. The van der Waals surface area contributed by atoms with Gasteiger partial charge in [0.15, 0.2) is 0 Å². The van der Waals surface area contributed by atoms with E-state index in [1.807, 2.05) is 0 Å². The molecule has 1 atom stereocenters.